The number of carbonyl (C=O) groups excluding carboxylic acids is 1. The first kappa shape index (κ1) is 20.3. The molecule has 1 aromatic heterocycles. The molecule has 0 spiro atoms. The van der Waals surface area contributed by atoms with Crippen molar-refractivity contribution in [2.24, 2.45) is 0 Å². The van der Waals surface area contributed by atoms with Crippen LogP contribution in [0.2, 0.25) is 10.0 Å². The number of rotatable bonds is 5. The summed E-state index contributed by atoms with van der Waals surface area (Å²) in [6, 6.07) is 13.2. The molecule has 3 aromatic rings. The van der Waals surface area contributed by atoms with Gasteiger partial charge < -0.3 is 4.74 Å². The van der Waals surface area contributed by atoms with Gasteiger partial charge in [-0.1, -0.05) is 53.5 Å². The van der Waals surface area contributed by atoms with Crippen molar-refractivity contribution in [1.29, 1.82) is 0 Å². The van der Waals surface area contributed by atoms with Gasteiger partial charge in [-0.2, -0.15) is 0 Å². The van der Waals surface area contributed by atoms with E-state index in [1.165, 1.54) is 0 Å². The number of ether oxygens (including phenoxy) is 1. The van der Waals surface area contributed by atoms with Gasteiger partial charge in [0.05, 0.1) is 17.0 Å². The highest BCUT2D eigenvalue weighted by atomic mass is 35.5. The summed E-state index contributed by atoms with van der Waals surface area (Å²) in [6.45, 7) is 1.77. The normalized spacial score (nSPS) is 11.2. The third kappa shape index (κ3) is 4.67. The molecule has 0 N–H and O–H groups in total. The van der Waals surface area contributed by atoms with Gasteiger partial charge in [0, 0.05) is 5.02 Å². The van der Waals surface area contributed by atoms with Crippen molar-refractivity contribution in [2.45, 2.75) is 17.8 Å². The minimum atomic E-state index is -3.91. The maximum absolute atomic E-state index is 12.6. The average molecular weight is 437 g/mol. The molecule has 0 unspecified atom stereocenters. The summed E-state index contributed by atoms with van der Waals surface area (Å²) in [5, 5.41) is -0.127. The van der Waals surface area contributed by atoms with Crippen LogP contribution in [0.3, 0.4) is 0 Å². The third-order valence-corrected chi connectivity index (χ3v) is 5.75. The number of para-hydroxylation sites is 1. The van der Waals surface area contributed by atoms with Crippen LogP contribution in [-0.4, -0.2) is 24.4 Å². The first-order valence-corrected chi connectivity index (χ1v) is 10.4. The Morgan fingerprint density at radius 3 is 2.43 bits per heavy atom. The van der Waals surface area contributed by atoms with Gasteiger partial charge in [0.25, 0.3) is 0 Å². The summed E-state index contributed by atoms with van der Waals surface area (Å²) in [5.41, 5.74) is 0.915. The van der Waals surface area contributed by atoms with E-state index in [2.05, 4.69) is 9.97 Å². The maximum Gasteiger partial charge on any atom is 0.364 e. The van der Waals surface area contributed by atoms with Gasteiger partial charge in [0.1, 0.15) is 5.75 Å². The Morgan fingerprint density at radius 2 is 1.75 bits per heavy atom. The summed E-state index contributed by atoms with van der Waals surface area (Å²) in [5.74, 6) is -0.893. The third-order valence-electron chi connectivity index (χ3n) is 3.76. The summed E-state index contributed by atoms with van der Waals surface area (Å²) in [6.07, 6.45) is 1.07. The zero-order chi connectivity index (χ0) is 20.3. The minimum absolute atomic E-state index is 0.107. The van der Waals surface area contributed by atoms with Crippen LogP contribution in [-0.2, 0) is 15.6 Å². The molecule has 0 saturated carbocycles. The van der Waals surface area contributed by atoms with E-state index >= 15 is 0 Å². The fourth-order valence-electron chi connectivity index (χ4n) is 2.33. The van der Waals surface area contributed by atoms with Gasteiger partial charge in [-0.05, 0) is 36.2 Å². The van der Waals surface area contributed by atoms with Crippen molar-refractivity contribution >= 4 is 39.0 Å². The average Bonchev–Trinajstić information content (AvgIpc) is 2.65. The molecule has 6 nitrogen and oxygen atoms in total. The van der Waals surface area contributed by atoms with Crippen molar-refractivity contribution in [3.05, 3.63) is 81.6 Å². The van der Waals surface area contributed by atoms with E-state index in [4.69, 9.17) is 27.9 Å². The second-order valence-electron chi connectivity index (χ2n) is 5.89. The maximum atomic E-state index is 12.6. The smallest absolute Gasteiger partial charge is 0.364 e. The van der Waals surface area contributed by atoms with Crippen molar-refractivity contribution < 1.29 is 17.9 Å². The van der Waals surface area contributed by atoms with Crippen molar-refractivity contribution in [3.8, 4) is 5.75 Å². The number of aromatic nitrogens is 2. The van der Waals surface area contributed by atoms with Crippen molar-refractivity contribution in [1.82, 2.24) is 9.97 Å². The standard InChI is InChI=1S/C19H14Cl2N2O4S/c1-12-4-2-3-5-16(12)27-18(24)17-15(21)10-22-19(23-17)28(25,26)11-13-6-8-14(20)9-7-13/h2-10H,11H2,1H3. The van der Waals surface area contributed by atoms with Gasteiger partial charge in [0.2, 0.25) is 15.0 Å². The Labute approximate surface area is 172 Å². The highest BCUT2D eigenvalue weighted by Crippen LogP contribution is 2.22. The number of hydrogen-bond acceptors (Lipinski definition) is 6. The number of nitrogens with zero attached hydrogens (tertiary/aromatic N) is 2. The molecule has 0 bridgehead atoms. The molecule has 0 fully saturated rings. The molecule has 0 saturated heterocycles. The van der Waals surface area contributed by atoms with E-state index in [0.29, 0.717) is 16.3 Å². The fraction of sp³-hybridized carbons (Fsp3) is 0.105. The number of aryl methyl sites for hydroxylation is 1. The Kier molecular flexibility index (Phi) is 5.98. The number of esters is 1. The summed E-state index contributed by atoms with van der Waals surface area (Å²) < 4.78 is 30.6. The van der Waals surface area contributed by atoms with E-state index < -0.39 is 21.0 Å². The van der Waals surface area contributed by atoms with E-state index in [9.17, 15) is 13.2 Å². The second-order valence-corrected chi connectivity index (χ2v) is 8.62. The molecular formula is C19H14Cl2N2O4S. The first-order valence-electron chi connectivity index (χ1n) is 8.04. The lowest BCUT2D eigenvalue weighted by molar-refractivity contribution is 0.0726. The fourth-order valence-corrected chi connectivity index (χ4v) is 3.83. The lowest BCUT2D eigenvalue weighted by Gasteiger charge is -2.09. The molecule has 144 valence electrons. The van der Waals surface area contributed by atoms with Gasteiger partial charge in [-0.25, -0.2) is 23.2 Å². The number of benzene rings is 2. The lowest BCUT2D eigenvalue weighted by Crippen LogP contribution is -2.16. The molecule has 3 rings (SSSR count). The van der Waals surface area contributed by atoms with Crippen LogP contribution in [0.25, 0.3) is 0 Å². The molecule has 0 aliphatic heterocycles. The van der Waals surface area contributed by atoms with E-state index in [-0.39, 0.29) is 16.5 Å². The van der Waals surface area contributed by atoms with Crippen LogP contribution >= 0.6 is 23.2 Å². The molecule has 0 aliphatic carbocycles. The monoisotopic (exact) mass is 436 g/mol. The largest absolute Gasteiger partial charge is 0.421 e. The predicted octanol–water partition coefficient (Wildman–Crippen LogP) is 4.28. The van der Waals surface area contributed by atoms with Crippen LogP contribution < -0.4 is 4.74 Å². The molecule has 0 amide bonds. The van der Waals surface area contributed by atoms with Gasteiger partial charge in [-0.3, -0.25) is 0 Å². The Bertz CT molecular complexity index is 1130. The zero-order valence-corrected chi connectivity index (χ0v) is 16.9. The number of sulfone groups is 1. The second kappa shape index (κ2) is 8.26. The SMILES string of the molecule is Cc1ccccc1OC(=O)c1nc(S(=O)(=O)Cc2ccc(Cl)cc2)ncc1Cl. The van der Waals surface area contributed by atoms with Crippen LogP contribution in [0.5, 0.6) is 5.75 Å². The summed E-state index contributed by atoms with van der Waals surface area (Å²) >= 11 is 11.8. The van der Waals surface area contributed by atoms with E-state index in [1.54, 1.807) is 55.5 Å². The molecule has 0 radical (unpaired) electrons. The molecular weight excluding hydrogens is 423 g/mol. The van der Waals surface area contributed by atoms with Crippen LogP contribution in [0.1, 0.15) is 21.6 Å². The molecule has 2 aromatic carbocycles. The predicted molar refractivity (Wildman–Crippen MR) is 106 cm³/mol. The highest BCUT2D eigenvalue weighted by molar-refractivity contribution is 7.90. The topological polar surface area (TPSA) is 86.2 Å². The molecule has 1 heterocycles. The number of carbonyl (C=O) groups is 1. The molecule has 28 heavy (non-hydrogen) atoms. The quantitative estimate of drug-likeness (QED) is 0.336. The van der Waals surface area contributed by atoms with Gasteiger partial charge in [0.15, 0.2) is 5.69 Å². The molecule has 0 aliphatic rings. The first-order chi connectivity index (χ1) is 13.3. The number of halogens is 2. The zero-order valence-electron chi connectivity index (χ0n) is 14.6. The Morgan fingerprint density at radius 1 is 1.07 bits per heavy atom. The summed E-state index contributed by atoms with van der Waals surface area (Å²) in [7, 11) is -3.91. The van der Waals surface area contributed by atoms with Gasteiger partial charge >= 0.3 is 5.97 Å². The minimum Gasteiger partial charge on any atom is -0.421 e. The Hall–Kier alpha value is -2.48. The van der Waals surface area contributed by atoms with Crippen molar-refractivity contribution in [2.75, 3.05) is 0 Å². The van der Waals surface area contributed by atoms with Crippen LogP contribution in [0.4, 0.5) is 0 Å². The molecule has 9 heteroatoms. The number of hydrogen-bond donors (Lipinski definition) is 0. The van der Waals surface area contributed by atoms with E-state index in [1.807, 2.05) is 0 Å². The summed E-state index contributed by atoms with van der Waals surface area (Å²) in [4.78, 5) is 20.1. The van der Waals surface area contributed by atoms with Crippen molar-refractivity contribution in [3.63, 3.8) is 0 Å². The van der Waals surface area contributed by atoms with Crippen LogP contribution in [0.15, 0.2) is 59.9 Å². The van der Waals surface area contributed by atoms with Gasteiger partial charge in [-0.15, -0.1) is 0 Å². The lowest BCUT2D eigenvalue weighted by atomic mass is 10.2. The highest BCUT2D eigenvalue weighted by Gasteiger charge is 2.24. The molecule has 0 atom stereocenters. The van der Waals surface area contributed by atoms with E-state index in [0.717, 1.165) is 11.8 Å². The Balaban J connectivity index is 1.89. The van der Waals surface area contributed by atoms with Crippen LogP contribution in [0, 0.1) is 6.92 Å².